The molecule has 0 spiro atoms. The second kappa shape index (κ2) is 8.91. The molecule has 0 aromatic carbocycles. The van der Waals surface area contributed by atoms with Gasteiger partial charge in [-0.1, -0.05) is 26.2 Å². The molecule has 0 aromatic heterocycles. The van der Waals surface area contributed by atoms with Crippen molar-refractivity contribution < 1.29 is 19.4 Å². The van der Waals surface area contributed by atoms with E-state index in [0.717, 1.165) is 12.8 Å². The van der Waals surface area contributed by atoms with Crippen LogP contribution in [0.1, 0.15) is 51.9 Å². The fraction of sp³-hybridized carbons (Fsp3) is 0.857. The van der Waals surface area contributed by atoms with Crippen molar-refractivity contribution in [3.05, 3.63) is 0 Å². The summed E-state index contributed by atoms with van der Waals surface area (Å²) in [5.74, 6) is -1.08. The first kappa shape index (κ1) is 16.0. The monoisotopic (exact) mass is 271 g/mol. The highest BCUT2D eigenvalue weighted by Gasteiger charge is 2.14. The summed E-state index contributed by atoms with van der Waals surface area (Å²) in [6.45, 7) is 2.82. The van der Waals surface area contributed by atoms with Gasteiger partial charge < -0.3 is 15.2 Å². The summed E-state index contributed by atoms with van der Waals surface area (Å²) in [5.41, 5.74) is 0. The standard InChI is InChI=1S/C14H25NO4/c1-11(10-14(17)18)9-13(16)15-7-8-19-12-5-3-2-4-6-12/h11-12H,2-10H2,1H3,(H,15,16)(H,17,18). The lowest BCUT2D eigenvalue weighted by Crippen LogP contribution is -2.30. The largest absolute Gasteiger partial charge is 0.481 e. The number of carboxylic acids is 1. The molecule has 0 heterocycles. The van der Waals surface area contributed by atoms with Crippen LogP contribution in [0.5, 0.6) is 0 Å². The summed E-state index contributed by atoms with van der Waals surface area (Å²) >= 11 is 0. The molecule has 19 heavy (non-hydrogen) atoms. The van der Waals surface area contributed by atoms with Crippen molar-refractivity contribution in [2.45, 2.75) is 58.0 Å². The van der Waals surface area contributed by atoms with Gasteiger partial charge in [0.05, 0.1) is 12.7 Å². The van der Waals surface area contributed by atoms with Gasteiger partial charge in [-0.15, -0.1) is 0 Å². The number of aliphatic carboxylic acids is 1. The lowest BCUT2D eigenvalue weighted by molar-refractivity contribution is -0.138. The molecule has 0 aromatic rings. The highest BCUT2D eigenvalue weighted by atomic mass is 16.5. The van der Waals surface area contributed by atoms with Gasteiger partial charge >= 0.3 is 5.97 Å². The van der Waals surface area contributed by atoms with Gasteiger partial charge in [0.15, 0.2) is 0 Å². The molecule has 1 amide bonds. The second-order valence-corrected chi connectivity index (χ2v) is 5.39. The third kappa shape index (κ3) is 7.82. The molecule has 0 radical (unpaired) electrons. The van der Waals surface area contributed by atoms with Crippen molar-refractivity contribution in [3.63, 3.8) is 0 Å². The number of carbonyl (C=O) groups is 2. The lowest BCUT2D eigenvalue weighted by atomic mass is 9.98. The van der Waals surface area contributed by atoms with Crippen LogP contribution in [-0.4, -0.2) is 36.2 Å². The summed E-state index contributed by atoms with van der Waals surface area (Å²) in [6.07, 6.45) is 6.69. The Bertz CT molecular complexity index is 287. The predicted octanol–water partition coefficient (Wildman–Crippen LogP) is 1.95. The Morgan fingerprint density at radius 2 is 1.95 bits per heavy atom. The van der Waals surface area contributed by atoms with Gasteiger partial charge in [-0.25, -0.2) is 0 Å². The van der Waals surface area contributed by atoms with E-state index in [0.29, 0.717) is 19.3 Å². The van der Waals surface area contributed by atoms with Crippen LogP contribution >= 0.6 is 0 Å². The van der Waals surface area contributed by atoms with Gasteiger partial charge in [0, 0.05) is 19.4 Å². The van der Waals surface area contributed by atoms with E-state index in [9.17, 15) is 9.59 Å². The molecule has 1 fully saturated rings. The van der Waals surface area contributed by atoms with Gasteiger partial charge in [-0.3, -0.25) is 9.59 Å². The third-order valence-electron chi connectivity index (χ3n) is 3.39. The number of ether oxygens (including phenoxy) is 1. The number of carboxylic acid groups (broad SMARTS) is 1. The first-order chi connectivity index (χ1) is 9.08. The Balaban J connectivity index is 2.01. The minimum Gasteiger partial charge on any atom is -0.481 e. The van der Waals surface area contributed by atoms with Gasteiger partial charge in [-0.2, -0.15) is 0 Å². The maximum Gasteiger partial charge on any atom is 0.303 e. The molecule has 1 aliphatic carbocycles. The van der Waals surface area contributed by atoms with Crippen LogP contribution < -0.4 is 5.32 Å². The van der Waals surface area contributed by atoms with Crippen molar-refractivity contribution >= 4 is 11.9 Å². The molecule has 2 N–H and O–H groups in total. The molecule has 0 bridgehead atoms. The maximum atomic E-state index is 11.5. The van der Waals surface area contributed by atoms with E-state index in [1.165, 1.54) is 19.3 Å². The van der Waals surface area contributed by atoms with Crippen LogP contribution in [0.15, 0.2) is 0 Å². The smallest absolute Gasteiger partial charge is 0.303 e. The van der Waals surface area contributed by atoms with Crippen LogP contribution in [0.4, 0.5) is 0 Å². The summed E-state index contributed by atoms with van der Waals surface area (Å²) in [7, 11) is 0. The topological polar surface area (TPSA) is 75.6 Å². The van der Waals surface area contributed by atoms with Crippen molar-refractivity contribution in [2.24, 2.45) is 5.92 Å². The molecular weight excluding hydrogens is 246 g/mol. The van der Waals surface area contributed by atoms with Gasteiger partial charge in [-0.05, 0) is 18.8 Å². The minimum atomic E-state index is -0.860. The van der Waals surface area contributed by atoms with Crippen molar-refractivity contribution in [1.82, 2.24) is 5.32 Å². The molecular formula is C14H25NO4. The molecule has 0 saturated heterocycles. The molecule has 1 rings (SSSR count). The van der Waals surface area contributed by atoms with Gasteiger partial charge in [0.25, 0.3) is 0 Å². The van der Waals surface area contributed by atoms with E-state index in [1.54, 1.807) is 6.92 Å². The average Bonchev–Trinajstić information content (AvgIpc) is 2.35. The molecule has 5 heteroatoms. The first-order valence-corrected chi connectivity index (χ1v) is 7.18. The van der Waals surface area contributed by atoms with E-state index in [1.807, 2.05) is 0 Å². The highest BCUT2D eigenvalue weighted by molar-refractivity contribution is 5.77. The van der Waals surface area contributed by atoms with Gasteiger partial charge in [0.1, 0.15) is 0 Å². The molecule has 110 valence electrons. The Morgan fingerprint density at radius 3 is 2.58 bits per heavy atom. The summed E-state index contributed by atoms with van der Waals surface area (Å²) < 4.78 is 5.69. The number of rotatable bonds is 8. The Morgan fingerprint density at radius 1 is 1.26 bits per heavy atom. The zero-order chi connectivity index (χ0) is 14.1. The predicted molar refractivity (Wildman–Crippen MR) is 71.9 cm³/mol. The quantitative estimate of drug-likeness (QED) is 0.662. The van der Waals surface area contributed by atoms with Crippen molar-refractivity contribution in [2.75, 3.05) is 13.2 Å². The van der Waals surface area contributed by atoms with Crippen LogP contribution in [-0.2, 0) is 14.3 Å². The fourth-order valence-corrected chi connectivity index (χ4v) is 2.41. The number of amides is 1. The van der Waals surface area contributed by atoms with E-state index in [4.69, 9.17) is 9.84 Å². The van der Waals surface area contributed by atoms with Crippen molar-refractivity contribution in [1.29, 1.82) is 0 Å². The summed E-state index contributed by atoms with van der Waals surface area (Å²) in [5, 5.41) is 11.4. The van der Waals surface area contributed by atoms with E-state index < -0.39 is 5.97 Å². The maximum absolute atomic E-state index is 11.5. The highest BCUT2D eigenvalue weighted by Crippen LogP contribution is 2.19. The molecule has 1 aliphatic rings. The van der Waals surface area contributed by atoms with Crippen molar-refractivity contribution in [3.8, 4) is 0 Å². The summed E-state index contributed by atoms with van der Waals surface area (Å²) in [6, 6.07) is 0. The Labute approximate surface area is 114 Å². The number of hydrogen-bond donors (Lipinski definition) is 2. The van der Waals surface area contributed by atoms with Crippen LogP contribution in [0.25, 0.3) is 0 Å². The molecule has 0 aliphatic heterocycles. The van der Waals surface area contributed by atoms with Crippen LogP contribution in [0.2, 0.25) is 0 Å². The SMILES string of the molecule is CC(CC(=O)O)CC(=O)NCCOC1CCCCC1. The number of hydrogen-bond acceptors (Lipinski definition) is 3. The zero-order valence-corrected chi connectivity index (χ0v) is 11.7. The lowest BCUT2D eigenvalue weighted by Gasteiger charge is -2.22. The molecule has 1 unspecified atom stereocenters. The normalized spacial score (nSPS) is 17.9. The first-order valence-electron chi connectivity index (χ1n) is 7.18. The number of carbonyl (C=O) groups excluding carboxylic acids is 1. The Kier molecular flexibility index (Phi) is 7.48. The van der Waals surface area contributed by atoms with Gasteiger partial charge in [0.2, 0.25) is 5.91 Å². The molecule has 1 atom stereocenters. The molecule has 1 saturated carbocycles. The Hall–Kier alpha value is -1.10. The fourth-order valence-electron chi connectivity index (χ4n) is 2.41. The summed E-state index contributed by atoms with van der Waals surface area (Å²) in [4.78, 5) is 22.0. The average molecular weight is 271 g/mol. The van der Waals surface area contributed by atoms with E-state index in [2.05, 4.69) is 5.32 Å². The van der Waals surface area contributed by atoms with E-state index in [-0.39, 0.29) is 24.7 Å². The minimum absolute atomic E-state index is 0.0337. The molecule has 5 nitrogen and oxygen atoms in total. The van der Waals surface area contributed by atoms with Crippen LogP contribution in [0.3, 0.4) is 0 Å². The second-order valence-electron chi connectivity index (χ2n) is 5.39. The zero-order valence-electron chi connectivity index (χ0n) is 11.7. The van der Waals surface area contributed by atoms with E-state index >= 15 is 0 Å². The third-order valence-corrected chi connectivity index (χ3v) is 3.39. The number of nitrogens with one attached hydrogen (secondary N) is 1. The van der Waals surface area contributed by atoms with Crippen LogP contribution in [0, 0.1) is 5.92 Å².